The van der Waals surface area contributed by atoms with Crippen LogP contribution in [0.2, 0.25) is 0 Å². The summed E-state index contributed by atoms with van der Waals surface area (Å²) in [6, 6.07) is 24.9. The summed E-state index contributed by atoms with van der Waals surface area (Å²) in [7, 11) is 0. The first-order chi connectivity index (χ1) is 12.8. The Morgan fingerprint density at radius 3 is 2.46 bits per heavy atom. The Balaban J connectivity index is 1.61. The third-order valence-corrected chi connectivity index (χ3v) is 4.17. The van der Waals surface area contributed by atoms with Gasteiger partial charge in [-0.3, -0.25) is 9.89 Å². The van der Waals surface area contributed by atoms with Gasteiger partial charge in [-0.05, 0) is 35.9 Å². The van der Waals surface area contributed by atoms with Gasteiger partial charge in [-0.25, -0.2) is 0 Å². The summed E-state index contributed by atoms with van der Waals surface area (Å²) in [6.07, 6.45) is 3.91. The third-order valence-electron chi connectivity index (χ3n) is 4.17. The van der Waals surface area contributed by atoms with Crippen molar-refractivity contribution in [2.75, 3.05) is 5.32 Å². The molecule has 4 nitrogen and oxygen atoms in total. The number of aromatic amines is 1. The molecule has 4 rings (SSSR count). The van der Waals surface area contributed by atoms with Gasteiger partial charge in [0.15, 0.2) is 0 Å². The number of benzene rings is 3. The lowest BCUT2D eigenvalue weighted by atomic mass is 10.1. The van der Waals surface area contributed by atoms with Gasteiger partial charge in [-0.1, -0.05) is 60.7 Å². The predicted octanol–water partition coefficient (Wildman–Crippen LogP) is 4.99. The van der Waals surface area contributed by atoms with E-state index in [9.17, 15) is 4.79 Å². The summed E-state index contributed by atoms with van der Waals surface area (Å²) in [5, 5.41) is 11.4. The molecule has 26 heavy (non-hydrogen) atoms. The van der Waals surface area contributed by atoms with Crippen molar-refractivity contribution in [3.05, 3.63) is 95.7 Å². The van der Waals surface area contributed by atoms with Gasteiger partial charge in [-0.15, -0.1) is 0 Å². The highest BCUT2D eigenvalue weighted by Gasteiger charge is 2.07. The number of nitrogens with one attached hydrogen (secondary N) is 2. The maximum absolute atomic E-state index is 12.4. The Hall–Kier alpha value is -3.66. The molecule has 1 amide bonds. The van der Waals surface area contributed by atoms with E-state index in [1.165, 1.54) is 0 Å². The van der Waals surface area contributed by atoms with Crippen molar-refractivity contribution in [2.24, 2.45) is 0 Å². The normalized spacial score (nSPS) is 11.1. The van der Waals surface area contributed by atoms with Crippen LogP contribution in [0.25, 0.3) is 23.1 Å². The number of carbonyl (C=O) groups excluding carboxylic acids is 1. The molecule has 0 unspecified atom stereocenters. The molecular weight excluding hydrogens is 322 g/mol. The minimum absolute atomic E-state index is 0.128. The molecule has 0 aliphatic heterocycles. The monoisotopic (exact) mass is 339 g/mol. The van der Waals surface area contributed by atoms with Crippen LogP contribution in [-0.4, -0.2) is 16.1 Å². The highest BCUT2D eigenvalue weighted by atomic mass is 16.1. The lowest BCUT2D eigenvalue weighted by Crippen LogP contribution is -2.12. The van der Waals surface area contributed by atoms with E-state index >= 15 is 0 Å². The van der Waals surface area contributed by atoms with Gasteiger partial charge in [0.05, 0.1) is 11.2 Å². The van der Waals surface area contributed by atoms with Crippen molar-refractivity contribution in [1.29, 1.82) is 0 Å². The predicted molar refractivity (Wildman–Crippen MR) is 106 cm³/mol. The van der Waals surface area contributed by atoms with Gasteiger partial charge in [0.25, 0.3) is 5.91 Å². The zero-order valence-electron chi connectivity index (χ0n) is 14.0. The fraction of sp³-hybridized carbons (Fsp3) is 0. The number of carbonyl (C=O) groups is 1. The average Bonchev–Trinajstić information content (AvgIpc) is 3.11. The van der Waals surface area contributed by atoms with Crippen LogP contribution in [-0.2, 0) is 0 Å². The van der Waals surface area contributed by atoms with Gasteiger partial charge in [0.2, 0.25) is 0 Å². The zero-order chi connectivity index (χ0) is 17.8. The Bertz CT molecular complexity index is 1080. The topological polar surface area (TPSA) is 57.8 Å². The van der Waals surface area contributed by atoms with Crippen LogP contribution in [0, 0.1) is 0 Å². The maximum Gasteiger partial charge on any atom is 0.255 e. The van der Waals surface area contributed by atoms with Crippen molar-refractivity contribution in [3.63, 3.8) is 0 Å². The number of nitrogens with zero attached hydrogens (tertiary/aromatic N) is 1. The van der Waals surface area contributed by atoms with Gasteiger partial charge in [0.1, 0.15) is 0 Å². The largest absolute Gasteiger partial charge is 0.321 e. The smallest absolute Gasteiger partial charge is 0.255 e. The number of amides is 1. The lowest BCUT2D eigenvalue weighted by Gasteiger charge is -2.08. The van der Waals surface area contributed by atoms with E-state index in [0.29, 0.717) is 5.56 Å². The first-order valence-electron chi connectivity index (χ1n) is 8.38. The Morgan fingerprint density at radius 1 is 0.846 bits per heavy atom. The van der Waals surface area contributed by atoms with Crippen LogP contribution in [0.15, 0.2) is 78.9 Å². The first-order valence-corrected chi connectivity index (χ1v) is 8.38. The van der Waals surface area contributed by atoms with Crippen LogP contribution in [0.4, 0.5) is 5.69 Å². The number of anilines is 1. The molecule has 0 saturated carbocycles. The minimum atomic E-state index is -0.128. The van der Waals surface area contributed by atoms with Crippen LogP contribution < -0.4 is 5.32 Å². The summed E-state index contributed by atoms with van der Waals surface area (Å²) < 4.78 is 0. The molecule has 0 saturated heterocycles. The minimum Gasteiger partial charge on any atom is -0.321 e. The van der Waals surface area contributed by atoms with E-state index in [-0.39, 0.29) is 5.91 Å². The Morgan fingerprint density at radius 2 is 1.58 bits per heavy atom. The quantitative estimate of drug-likeness (QED) is 0.550. The van der Waals surface area contributed by atoms with Gasteiger partial charge in [-0.2, -0.15) is 5.10 Å². The van der Waals surface area contributed by atoms with Crippen molar-refractivity contribution < 1.29 is 4.79 Å². The number of aromatic nitrogens is 2. The molecule has 0 fully saturated rings. The summed E-state index contributed by atoms with van der Waals surface area (Å²) in [6.45, 7) is 0. The zero-order valence-corrected chi connectivity index (χ0v) is 14.0. The number of H-pyrrole nitrogens is 1. The fourth-order valence-corrected chi connectivity index (χ4v) is 2.82. The van der Waals surface area contributed by atoms with Crippen LogP contribution in [0.5, 0.6) is 0 Å². The second-order valence-electron chi connectivity index (χ2n) is 5.90. The molecule has 1 aromatic heterocycles. The van der Waals surface area contributed by atoms with Crippen molar-refractivity contribution in [3.8, 4) is 0 Å². The van der Waals surface area contributed by atoms with Crippen molar-refractivity contribution in [1.82, 2.24) is 10.2 Å². The lowest BCUT2D eigenvalue weighted by molar-refractivity contribution is 0.102. The van der Waals surface area contributed by atoms with Gasteiger partial charge in [0, 0.05) is 16.6 Å². The Labute approximate surface area is 151 Å². The number of fused-ring (bicyclic) bond motifs is 1. The third kappa shape index (κ3) is 3.26. The molecule has 0 atom stereocenters. The van der Waals surface area contributed by atoms with Gasteiger partial charge >= 0.3 is 0 Å². The second-order valence-corrected chi connectivity index (χ2v) is 5.90. The van der Waals surface area contributed by atoms with Crippen molar-refractivity contribution in [2.45, 2.75) is 0 Å². The summed E-state index contributed by atoms with van der Waals surface area (Å²) in [5.74, 6) is -0.128. The molecule has 0 aliphatic rings. The molecule has 0 radical (unpaired) electrons. The molecule has 0 spiro atoms. The second kappa shape index (κ2) is 7.07. The van der Waals surface area contributed by atoms with E-state index in [0.717, 1.165) is 27.8 Å². The molecule has 0 bridgehead atoms. The fourth-order valence-electron chi connectivity index (χ4n) is 2.82. The van der Waals surface area contributed by atoms with E-state index in [1.807, 2.05) is 78.9 Å². The highest BCUT2D eigenvalue weighted by Crippen LogP contribution is 2.21. The highest BCUT2D eigenvalue weighted by molar-refractivity contribution is 6.05. The van der Waals surface area contributed by atoms with E-state index in [2.05, 4.69) is 15.5 Å². The van der Waals surface area contributed by atoms with Crippen LogP contribution in [0.1, 0.15) is 21.6 Å². The molecule has 1 heterocycles. The number of rotatable bonds is 4. The first kappa shape index (κ1) is 15.8. The van der Waals surface area contributed by atoms with Crippen LogP contribution in [0.3, 0.4) is 0 Å². The summed E-state index contributed by atoms with van der Waals surface area (Å²) >= 11 is 0. The summed E-state index contributed by atoms with van der Waals surface area (Å²) in [5.41, 5.74) is 4.17. The van der Waals surface area contributed by atoms with E-state index < -0.39 is 0 Å². The van der Waals surface area contributed by atoms with Crippen molar-refractivity contribution >= 4 is 34.6 Å². The van der Waals surface area contributed by atoms with E-state index in [4.69, 9.17) is 0 Å². The molecular formula is C22H17N3O. The standard InChI is InChI=1S/C22H17N3O/c26-22(17-9-2-1-3-10-17)23-19-12-6-4-8-16(19)14-15-21-18-11-5-7-13-20(18)24-25-21/h1-15H,(H,23,26)(H,24,25). The Kier molecular flexibility index (Phi) is 4.31. The number of hydrogen-bond donors (Lipinski definition) is 2. The SMILES string of the molecule is O=C(Nc1ccccc1C=Cc1n[nH]c2ccccc12)c1ccccc1. The molecule has 2 N–H and O–H groups in total. The molecule has 0 aliphatic carbocycles. The summed E-state index contributed by atoms with van der Waals surface area (Å²) in [4.78, 5) is 12.4. The average molecular weight is 339 g/mol. The molecule has 3 aromatic carbocycles. The molecule has 4 heteroatoms. The van der Waals surface area contributed by atoms with Gasteiger partial charge < -0.3 is 5.32 Å². The number of para-hydroxylation sites is 2. The maximum atomic E-state index is 12.4. The number of hydrogen-bond acceptors (Lipinski definition) is 2. The van der Waals surface area contributed by atoms with E-state index in [1.54, 1.807) is 12.1 Å². The molecule has 4 aromatic rings. The molecule has 126 valence electrons. The van der Waals surface area contributed by atoms with Crippen LogP contribution >= 0.6 is 0 Å².